The van der Waals surface area contributed by atoms with Crippen LogP contribution in [0.3, 0.4) is 0 Å². The molecule has 0 aliphatic heterocycles. The van der Waals surface area contributed by atoms with Crippen LogP contribution in [0.1, 0.15) is 22.0 Å². The van der Waals surface area contributed by atoms with Crippen molar-refractivity contribution < 1.29 is 9.21 Å². The smallest absolute Gasteiger partial charge is 0.286 e. The molecule has 0 spiro atoms. The molecule has 0 atom stereocenters. The molecule has 15 heavy (non-hydrogen) atoms. The highest BCUT2D eigenvalue weighted by Crippen LogP contribution is 2.09. The van der Waals surface area contributed by atoms with Crippen LogP contribution >= 0.6 is 0 Å². The Hall–Kier alpha value is -2.10. The second-order valence-corrected chi connectivity index (χ2v) is 3.14. The van der Waals surface area contributed by atoms with Gasteiger partial charge in [0.25, 0.3) is 5.91 Å². The number of benzene rings is 1. The van der Waals surface area contributed by atoms with Gasteiger partial charge in [-0.25, -0.2) is 4.98 Å². The lowest BCUT2D eigenvalue weighted by atomic mass is 10.2. The first-order valence-corrected chi connectivity index (χ1v) is 4.54. The average Bonchev–Trinajstić information content (AvgIpc) is 2.68. The lowest BCUT2D eigenvalue weighted by Gasteiger charge is -1.95. The van der Waals surface area contributed by atoms with Gasteiger partial charge >= 0.3 is 0 Å². The highest BCUT2D eigenvalue weighted by atomic mass is 16.4. The molecule has 0 fully saturated rings. The van der Waals surface area contributed by atoms with Gasteiger partial charge in [-0.05, 0) is 5.56 Å². The number of rotatable bonds is 3. The molecule has 1 aromatic carbocycles. The predicted octanol–water partition coefficient (Wildman–Crippen LogP) is 1.36. The van der Waals surface area contributed by atoms with Crippen molar-refractivity contribution in [2.45, 2.75) is 6.42 Å². The number of carbonyl (C=O) groups is 1. The van der Waals surface area contributed by atoms with E-state index in [1.165, 1.54) is 6.20 Å². The van der Waals surface area contributed by atoms with Crippen molar-refractivity contribution in [2.24, 2.45) is 5.73 Å². The summed E-state index contributed by atoms with van der Waals surface area (Å²) < 4.78 is 5.16. The molecule has 0 bridgehead atoms. The van der Waals surface area contributed by atoms with Crippen LogP contribution in [0.25, 0.3) is 0 Å². The Kier molecular flexibility index (Phi) is 2.49. The van der Waals surface area contributed by atoms with Gasteiger partial charge in [0.2, 0.25) is 5.76 Å². The third-order valence-electron chi connectivity index (χ3n) is 1.99. The third-order valence-corrected chi connectivity index (χ3v) is 1.99. The fraction of sp³-hybridized carbons (Fsp3) is 0.0909. The number of hydrogen-bond acceptors (Lipinski definition) is 3. The molecule has 4 heteroatoms. The molecule has 0 saturated heterocycles. The zero-order chi connectivity index (χ0) is 10.7. The minimum Gasteiger partial charge on any atom is -0.435 e. The van der Waals surface area contributed by atoms with Crippen molar-refractivity contribution >= 4 is 5.91 Å². The van der Waals surface area contributed by atoms with E-state index in [2.05, 4.69) is 4.98 Å². The molecule has 2 aromatic rings. The molecule has 1 aromatic heterocycles. The first-order valence-electron chi connectivity index (χ1n) is 4.54. The number of oxazole rings is 1. The Bertz CT molecular complexity index is 462. The maximum atomic E-state index is 10.8. The number of nitrogens with zero attached hydrogens (tertiary/aromatic N) is 1. The average molecular weight is 202 g/mol. The Balaban J connectivity index is 2.15. The number of primary amides is 1. The van der Waals surface area contributed by atoms with Crippen LogP contribution in [0.2, 0.25) is 0 Å². The molecule has 76 valence electrons. The van der Waals surface area contributed by atoms with Crippen molar-refractivity contribution in [3.63, 3.8) is 0 Å². The number of nitrogens with two attached hydrogens (primary N) is 1. The summed E-state index contributed by atoms with van der Waals surface area (Å²) in [6.45, 7) is 0. The number of aromatic nitrogens is 1. The first kappa shape index (κ1) is 9.45. The van der Waals surface area contributed by atoms with E-state index in [1.54, 1.807) is 0 Å². The van der Waals surface area contributed by atoms with E-state index < -0.39 is 5.91 Å². The Morgan fingerprint density at radius 2 is 2.07 bits per heavy atom. The first-order chi connectivity index (χ1) is 7.25. The fourth-order valence-electron chi connectivity index (χ4n) is 1.28. The van der Waals surface area contributed by atoms with E-state index in [1.807, 2.05) is 30.3 Å². The van der Waals surface area contributed by atoms with E-state index in [4.69, 9.17) is 10.2 Å². The molecule has 4 nitrogen and oxygen atoms in total. The predicted molar refractivity (Wildman–Crippen MR) is 54.3 cm³/mol. The molecular formula is C11H10N2O2. The molecule has 0 aliphatic rings. The van der Waals surface area contributed by atoms with Crippen LogP contribution in [-0.2, 0) is 6.42 Å². The summed E-state index contributed by atoms with van der Waals surface area (Å²) in [4.78, 5) is 14.7. The quantitative estimate of drug-likeness (QED) is 0.817. The Labute approximate surface area is 86.7 Å². The van der Waals surface area contributed by atoms with Crippen LogP contribution in [-0.4, -0.2) is 10.9 Å². The summed E-state index contributed by atoms with van der Waals surface area (Å²) in [5.74, 6) is -0.00209. The monoisotopic (exact) mass is 202 g/mol. The van der Waals surface area contributed by atoms with Crippen LogP contribution in [0.4, 0.5) is 0 Å². The second kappa shape index (κ2) is 3.96. The van der Waals surface area contributed by atoms with Gasteiger partial charge < -0.3 is 10.2 Å². The molecular weight excluding hydrogens is 192 g/mol. The normalized spacial score (nSPS) is 10.1. The standard InChI is InChI=1S/C11H10N2O2/c12-11(14)9-7-13-10(15-9)6-8-4-2-1-3-5-8/h1-5,7H,6H2,(H2,12,14). The lowest BCUT2D eigenvalue weighted by molar-refractivity contribution is 0.0972. The van der Waals surface area contributed by atoms with Gasteiger partial charge in [0.05, 0.1) is 6.20 Å². The molecule has 0 aliphatic carbocycles. The van der Waals surface area contributed by atoms with Crippen molar-refractivity contribution in [1.29, 1.82) is 0 Å². The van der Waals surface area contributed by atoms with E-state index >= 15 is 0 Å². The minimum absolute atomic E-state index is 0.0981. The number of hydrogen-bond donors (Lipinski definition) is 1. The summed E-state index contributed by atoms with van der Waals surface area (Å²) in [6, 6.07) is 9.75. The number of carbonyl (C=O) groups excluding carboxylic acids is 1. The van der Waals surface area contributed by atoms with Gasteiger partial charge in [0, 0.05) is 6.42 Å². The summed E-state index contributed by atoms with van der Waals surface area (Å²) in [6.07, 6.45) is 1.91. The maximum absolute atomic E-state index is 10.8. The molecule has 0 saturated carbocycles. The zero-order valence-corrected chi connectivity index (χ0v) is 8.01. The second-order valence-electron chi connectivity index (χ2n) is 3.14. The topological polar surface area (TPSA) is 69.1 Å². The Morgan fingerprint density at radius 3 is 2.67 bits per heavy atom. The van der Waals surface area contributed by atoms with Gasteiger partial charge in [0.15, 0.2) is 5.89 Å². The highest BCUT2D eigenvalue weighted by Gasteiger charge is 2.08. The van der Waals surface area contributed by atoms with E-state index in [0.717, 1.165) is 5.56 Å². The SMILES string of the molecule is NC(=O)c1cnc(Cc2ccccc2)o1. The van der Waals surface area contributed by atoms with Crippen LogP contribution in [0.15, 0.2) is 40.9 Å². The lowest BCUT2D eigenvalue weighted by Crippen LogP contribution is -2.09. The van der Waals surface area contributed by atoms with E-state index in [9.17, 15) is 4.79 Å². The molecule has 2 rings (SSSR count). The number of amides is 1. The largest absolute Gasteiger partial charge is 0.435 e. The molecule has 1 heterocycles. The van der Waals surface area contributed by atoms with Crippen LogP contribution in [0, 0.1) is 0 Å². The highest BCUT2D eigenvalue weighted by molar-refractivity contribution is 5.89. The van der Waals surface area contributed by atoms with Crippen molar-refractivity contribution in [1.82, 2.24) is 4.98 Å². The molecule has 2 N–H and O–H groups in total. The van der Waals surface area contributed by atoms with E-state index in [-0.39, 0.29) is 5.76 Å². The van der Waals surface area contributed by atoms with Gasteiger partial charge in [0.1, 0.15) is 0 Å². The zero-order valence-electron chi connectivity index (χ0n) is 8.01. The molecule has 1 amide bonds. The maximum Gasteiger partial charge on any atom is 0.286 e. The van der Waals surface area contributed by atoms with Gasteiger partial charge in [-0.1, -0.05) is 30.3 Å². The van der Waals surface area contributed by atoms with Crippen LogP contribution < -0.4 is 5.73 Å². The third kappa shape index (κ3) is 2.22. The molecule has 0 radical (unpaired) electrons. The van der Waals surface area contributed by atoms with Crippen LogP contribution in [0.5, 0.6) is 0 Å². The fourth-order valence-corrected chi connectivity index (χ4v) is 1.28. The summed E-state index contributed by atoms with van der Waals surface area (Å²) >= 11 is 0. The van der Waals surface area contributed by atoms with Crippen molar-refractivity contribution in [2.75, 3.05) is 0 Å². The van der Waals surface area contributed by atoms with Crippen molar-refractivity contribution in [3.05, 3.63) is 53.7 Å². The van der Waals surface area contributed by atoms with Gasteiger partial charge in [-0.15, -0.1) is 0 Å². The van der Waals surface area contributed by atoms with Gasteiger partial charge in [-0.2, -0.15) is 0 Å². The summed E-state index contributed by atoms with van der Waals surface area (Å²) in [5.41, 5.74) is 6.13. The van der Waals surface area contributed by atoms with E-state index in [0.29, 0.717) is 12.3 Å². The summed E-state index contributed by atoms with van der Waals surface area (Å²) in [5, 5.41) is 0. The van der Waals surface area contributed by atoms with Crippen molar-refractivity contribution in [3.8, 4) is 0 Å². The van der Waals surface area contributed by atoms with Gasteiger partial charge in [-0.3, -0.25) is 4.79 Å². The minimum atomic E-state index is -0.596. The Morgan fingerprint density at radius 1 is 1.33 bits per heavy atom. The molecule has 0 unspecified atom stereocenters. The summed E-state index contributed by atoms with van der Waals surface area (Å²) in [7, 11) is 0.